The van der Waals surface area contributed by atoms with E-state index in [-0.39, 0.29) is 11.6 Å². The molecule has 0 radical (unpaired) electrons. The van der Waals surface area contributed by atoms with Crippen LogP contribution in [-0.4, -0.2) is 29.1 Å². The standard InChI is InChI=1S/C16H18N2O3S/c1-11-7-8-22-14(11)10-18(2)16(21)17-9-12-3-5-13(6-4-12)15(19)20/h3-8H,9-10H2,1-2H3,(H,17,21)(H,19,20). The predicted octanol–water partition coefficient (Wildman–Crippen LogP) is 3.10. The zero-order chi connectivity index (χ0) is 16.1. The van der Waals surface area contributed by atoms with Crippen molar-refractivity contribution in [3.63, 3.8) is 0 Å². The first-order valence-electron chi connectivity index (χ1n) is 6.81. The summed E-state index contributed by atoms with van der Waals surface area (Å²) in [6.45, 7) is 2.97. The highest BCUT2D eigenvalue weighted by Gasteiger charge is 2.11. The smallest absolute Gasteiger partial charge is 0.335 e. The zero-order valence-electron chi connectivity index (χ0n) is 12.5. The number of thiophene rings is 1. The minimum absolute atomic E-state index is 0.157. The van der Waals surface area contributed by atoms with Crippen molar-refractivity contribution in [2.45, 2.75) is 20.0 Å². The highest BCUT2D eigenvalue weighted by Crippen LogP contribution is 2.17. The molecule has 2 N–H and O–H groups in total. The van der Waals surface area contributed by atoms with E-state index in [0.717, 1.165) is 5.56 Å². The number of carboxylic acids is 1. The van der Waals surface area contributed by atoms with E-state index >= 15 is 0 Å². The summed E-state index contributed by atoms with van der Waals surface area (Å²) in [6.07, 6.45) is 0. The van der Waals surface area contributed by atoms with Gasteiger partial charge in [0, 0.05) is 18.5 Å². The molecule has 116 valence electrons. The summed E-state index contributed by atoms with van der Waals surface area (Å²) in [5.74, 6) is -0.957. The maximum atomic E-state index is 12.1. The Labute approximate surface area is 133 Å². The lowest BCUT2D eigenvalue weighted by Crippen LogP contribution is -2.36. The quantitative estimate of drug-likeness (QED) is 0.890. The Balaban J connectivity index is 1.86. The van der Waals surface area contributed by atoms with Crippen LogP contribution in [0.2, 0.25) is 0 Å². The second kappa shape index (κ2) is 7.09. The normalized spacial score (nSPS) is 10.3. The maximum Gasteiger partial charge on any atom is 0.335 e. The maximum absolute atomic E-state index is 12.1. The molecule has 22 heavy (non-hydrogen) atoms. The number of carbonyl (C=O) groups is 2. The van der Waals surface area contributed by atoms with Crippen molar-refractivity contribution in [1.29, 1.82) is 0 Å². The Morgan fingerprint density at radius 2 is 1.91 bits per heavy atom. The third kappa shape index (κ3) is 4.08. The van der Waals surface area contributed by atoms with E-state index in [1.54, 1.807) is 35.4 Å². The summed E-state index contributed by atoms with van der Waals surface area (Å²) in [7, 11) is 1.75. The molecule has 0 fully saturated rings. The third-order valence-electron chi connectivity index (χ3n) is 3.34. The highest BCUT2D eigenvalue weighted by atomic mass is 32.1. The number of aryl methyl sites for hydroxylation is 1. The molecule has 1 heterocycles. The summed E-state index contributed by atoms with van der Waals surface area (Å²) in [4.78, 5) is 25.6. The summed E-state index contributed by atoms with van der Waals surface area (Å²) in [6, 6.07) is 8.34. The fourth-order valence-corrected chi connectivity index (χ4v) is 2.89. The van der Waals surface area contributed by atoms with Gasteiger partial charge in [-0.1, -0.05) is 12.1 Å². The van der Waals surface area contributed by atoms with Crippen LogP contribution in [0.4, 0.5) is 4.79 Å². The lowest BCUT2D eigenvalue weighted by atomic mass is 10.1. The van der Waals surface area contributed by atoms with Crippen LogP contribution in [-0.2, 0) is 13.1 Å². The number of carbonyl (C=O) groups excluding carboxylic acids is 1. The SMILES string of the molecule is Cc1ccsc1CN(C)C(=O)NCc1ccc(C(=O)O)cc1. The van der Waals surface area contributed by atoms with Gasteiger partial charge in [-0.15, -0.1) is 11.3 Å². The van der Waals surface area contributed by atoms with Gasteiger partial charge in [0.25, 0.3) is 0 Å². The molecule has 0 saturated heterocycles. The predicted molar refractivity (Wildman–Crippen MR) is 86.2 cm³/mol. The van der Waals surface area contributed by atoms with Crippen molar-refractivity contribution in [3.8, 4) is 0 Å². The van der Waals surface area contributed by atoms with Crippen molar-refractivity contribution >= 4 is 23.3 Å². The molecule has 0 saturated carbocycles. The Kier molecular flexibility index (Phi) is 5.16. The monoisotopic (exact) mass is 318 g/mol. The topological polar surface area (TPSA) is 69.6 Å². The molecule has 0 spiro atoms. The number of rotatable bonds is 5. The first-order chi connectivity index (χ1) is 10.5. The lowest BCUT2D eigenvalue weighted by molar-refractivity contribution is 0.0697. The molecule has 0 aliphatic heterocycles. The average Bonchev–Trinajstić information content (AvgIpc) is 2.90. The van der Waals surface area contributed by atoms with Crippen LogP contribution in [0.25, 0.3) is 0 Å². The lowest BCUT2D eigenvalue weighted by Gasteiger charge is -2.17. The molecule has 1 aromatic heterocycles. The van der Waals surface area contributed by atoms with Gasteiger partial charge in [0.1, 0.15) is 0 Å². The molecule has 0 aliphatic carbocycles. The number of aromatic carboxylic acids is 1. The van der Waals surface area contributed by atoms with Gasteiger partial charge < -0.3 is 15.3 Å². The second-order valence-corrected chi connectivity index (χ2v) is 6.04. The molecule has 2 amide bonds. The van der Waals surface area contributed by atoms with Gasteiger partial charge in [0.15, 0.2) is 0 Å². The van der Waals surface area contributed by atoms with Gasteiger partial charge in [-0.25, -0.2) is 9.59 Å². The van der Waals surface area contributed by atoms with E-state index in [0.29, 0.717) is 13.1 Å². The molecule has 0 aliphatic rings. The number of nitrogens with zero attached hydrogens (tertiary/aromatic N) is 1. The molecule has 2 aromatic rings. The fraction of sp³-hybridized carbons (Fsp3) is 0.250. The Bertz CT molecular complexity index is 664. The van der Waals surface area contributed by atoms with Gasteiger partial charge in [0.05, 0.1) is 12.1 Å². The number of amides is 2. The van der Waals surface area contributed by atoms with E-state index in [9.17, 15) is 9.59 Å². The van der Waals surface area contributed by atoms with Gasteiger partial charge in [-0.2, -0.15) is 0 Å². The fourth-order valence-electron chi connectivity index (χ4n) is 1.93. The zero-order valence-corrected chi connectivity index (χ0v) is 13.3. The van der Waals surface area contributed by atoms with Crippen LogP contribution in [0.5, 0.6) is 0 Å². The van der Waals surface area contributed by atoms with Crippen LogP contribution in [0, 0.1) is 6.92 Å². The van der Waals surface area contributed by atoms with E-state index < -0.39 is 5.97 Å². The number of hydrogen-bond donors (Lipinski definition) is 2. The number of benzene rings is 1. The molecule has 1 aromatic carbocycles. The van der Waals surface area contributed by atoms with Crippen molar-refractivity contribution in [2.75, 3.05) is 7.05 Å². The van der Waals surface area contributed by atoms with E-state index in [1.165, 1.54) is 22.6 Å². The number of urea groups is 1. The van der Waals surface area contributed by atoms with Crippen molar-refractivity contribution in [3.05, 3.63) is 57.3 Å². The average molecular weight is 318 g/mol. The van der Waals surface area contributed by atoms with Crippen molar-refractivity contribution in [1.82, 2.24) is 10.2 Å². The van der Waals surface area contributed by atoms with Crippen LogP contribution in [0.3, 0.4) is 0 Å². The molecule has 2 rings (SSSR count). The van der Waals surface area contributed by atoms with Crippen molar-refractivity contribution < 1.29 is 14.7 Å². The minimum atomic E-state index is -0.957. The van der Waals surface area contributed by atoms with Gasteiger partial charge in [-0.05, 0) is 41.6 Å². The van der Waals surface area contributed by atoms with Crippen LogP contribution >= 0.6 is 11.3 Å². The van der Waals surface area contributed by atoms with E-state index in [2.05, 4.69) is 5.32 Å². The molecule has 5 nitrogen and oxygen atoms in total. The Morgan fingerprint density at radius 3 is 2.45 bits per heavy atom. The van der Waals surface area contributed by atoms with Gasteiger partial charge >= 0.3 is 12.0 Å². The minimum Gasteiger partial charge on any atom is -0.478 e. The van der Waals surface area contributed by atoms with Crippen LogP contribution in [0.15, 0.2) is 35.7 Å². The Hall–Kier alpha value is -2.34. The molecule has 6 heteroatoms. The first-order valence-corrected chi connectivity index (χ1v) is 7.69. The van der Waals surface area contributed by atoms with Gasteiger partial charge in [0.2, 0.25) is 0 Å². The molecule has 0 bridgehead atoms. The summed E-state index contributed by atoms with van der Waals surface area (Å²) < 4.78 is 0. The molecule has 0 unspecified atom stereocenters. The molecular formula is C16H18N2O3S. The van der Waals surface area contributed by atoms with Crippen LogP contribution in [0.1, 0.15) is 26.4 Å². The van der Waals surface area contributed by atoms with Crippen LogP contribution < -0.4 is 5.32 Å². The first kappa shape index (κ1) is 16.0. The number of nitrogens with one attached hydrogen (secondary N) is 1. The molecule has 0 atom stereocenters. The summed E-state index contributed by atoms with van der Waals surface area (Å²) in [5.41, 5.74) is 2.29. The third-order valence-corrected chi connectivity index (χ3v) is 4.35. The summed E-state index contributed by atoms with van der Waals surface area (Å²) in [5, 5.41) is 13.7. The van der Waals surface area contributed by atoms with Gasteiger partial charge in [-0.3, -0.25) is 0 Å². The highest BCUT2D eigenvalue weighted by molar-refractivity contribution is 7.10. The van der Waals surface area contributed by atoms with Crippen molar-refractivity contribution in [2.24, 2.45) is 0 Å². The van der Waals surface area contributed by atoms with E-state index in [4.69, 9.17) is 5.11 Å². The Morgan fingerprint density at radius 1 is 1.23 bits per heavy atom. The summed E-state index contributed by atoms with van der Waals surface area (Å²) >= 11 is 1.64. The molecular weight excluding hydrogens is 300 g/mol. The largest absolute Gasteiger partial charge is 0.478 e. The number of hydrogen-bond acceptors (Lipinski definition) is 3. The number of carboxylic acid groups (broad SMARTS) is 1. The van der Waals surface area contributed by atoms with E-state index in [1.807, 2.05) is 18.4 Å². The second-order valence-electron chi connectivity index (χ2n) is 5.04.